The first-order valence-corrected chi connectivity index (χ1v) is 6.43. The van der Waals surface area contributed by atoms with Gasteiger partial charge in [0.25, 0.3) is 0 Å². The fraction of sp³-hybridized carbons (Fsp3) is 0.600. The van der Waals surface area contributed by atoms with Gasteiger partial charge in [-0.05, 0) is 44.7 Å². The van der Waals surface area contributed by atoms with Gasteiger partial charge in [0.15, 0.2) is 0 Å². The second-order valence-corrected chi connectivity index (χ2v) is 4.88. The van der Waals surface area contributed by atoms with Crippen LogP contribution in [0.3, 0.4) is 0 Å². The number of aryl methyl sites for hydroxylation is 1. The quantitative estimate of drug-likeness (QED) is 0.784. The summed E-state index contributed by atoms with van der Waals surface area (Å²) in [5.41, 5.74) is 2.82. The summed E-state index contributed by atoms with van der Waals surface area (Å²) >= 11 is 0. The Morgan fingerprint density at radius 2 is 1.88 bits per heavy atom. The Hall–Kier alpha value is -0.860. The Kier molecular flexibility index (Phi) is 6.23. The van der Waals surface area contributed by atoms with Crippen molar-refractivity contribution < 1.29 is 4.74 Å². The van der Waals surface area contributed by atoms with E-state index in [0.717, 1.165) is 19.4 Å². The van der Waals surface area contributed by atoms with Gasteiger partial charge < -0.3 is 10.1 Å². The summed E-state index contributed by atoms with van der Waals surface area (Å²) in [6.07, 6.45) is 2.15. The normalized spacial score (nSPS) is 14.6. The lowest BCUT2D eigenvalue weighted by Gasteiger charge is -2.20. The number of hydrogen-bond donors (Lipinski definition) is 1. The van der Waals surface area contributed by atoms with Gasteiger partial charge in [-0.2, -0.15) is 0 Å². The molecule has 2 nitrogen and oxygen atoms in total. The van der Waals surface area contributed by atoms with Crippen LogP contribution in [-0.4, -0.2) is 25.8 Å². The molecule has 96 valence electrons. The largest absolute Gasteiger partial charge is 0.385 e. The molecule has 0 radical (unpaired) electrons. The van der Waals surface area contributed by atoms with Crippen LogP contribution in [0.2, 0.25) is 0 Å². The molecule has 0 bridgehead atoms. The molecular weight excluding hydrogens is 210 g/mol. The maximum atomic E-state index is 5.09. The number of benzene rings is 1. The lowest BCUT2D eigenvalue weighted by Crippen LogP contribution is -2.36. The SMILES string of the molecule is COCCC(C)NC(C)Cc1ccccc1C. The summed E-state index contributed by atoms with van der Waals surface area (Å²) < 4.78 is 5.09. The average molecular weight is 235 g/mol. The second kappa shape index (κ2) is 7.46. The van der Waals surface area contributed by atoms with Crippen LogP contribution in [0, 0.1) is 6.92 Å². The third kappa shape index (κ3) is 5.33. The lowest BCUT2D eigenvalue weighted by atomic mass is 10.0. The number of methoxy groups -OCH3 is 1. The second-order valence-electron chi connectivity index (χ2n) is 4.88. The smallest absolute Gasteiger partial charge is 0.0476 e. The van der Waals surface area contributed by atoms with Crippen LogP contribution in [-0.2, 0) is 11.2 Å². The van der Waals surface area contributed by atoms with Gasteiger partial charge in [0, 0.05) is 25.8 Å². The highest BCUT2D eigenvalue weighted by atomic mass is 16.5. The molecule has 0 aliphatic rings. The van der Waals surface area contributed by atoms with Crippen LogP contribution in [0.5, 0.6) is 0 Å². The molecule has 0 aromatic heterocycles. The van der Waals surface area contributed by atoms with Gasteiger partial charge in [-0.15, -0.1) is 0 Å². The molecule has 1 aromatic carbocycles. The maximum Gasteiger partial charge on any atom is 0.0476 e. The van der Waals surface area contributed by atoms with Crippen molar-refractivity contribution in [1.82, 2.24) is 5.32 Å². The van der Waals surface area contributed by atoms with Crippen molar-refractivity contribution in [1.29, 1.82) is 0 Å². The first-order chi connectivity index (χ1) is 8.13. The van der Waals surface area contributed by atoms with Crippen LogP contribution in [0.15, 0.2) is 24.3 Å². The van der Waals surface area contributed by atoms with Crippen LogP contribution < -0.4 is 5.32 Å². The van der Waals surface area contributed by atoms with Crippen molar-refractivity contribution in [2.75, 3.05) is 13.7 Å². The Balaban J connectivity index is 2.39. The van der Waals surface area contributed by atoms with Crippen molar-refractivity contribution in [2.45, 2.75) is 45.7 Å². The van der Waals surface area contributed by atoms with Crippen molar-refractivity contribution in [2.24, 2.45) is 0 Å². The van der Waals surface area contributed by atoms with E-state index in [-0.39, 0.29) is 0 Å². The van der Waals surface area contributed by atoms with E-state index >= 15 is 0 Å². The van der Waals surface area contributed by atoms with Crippen molar-refractivity contribution in [3.8, 4) is 0 Å². The fourth-order valence-electron chi connectivity index (χ4n) is 2.09. The minimum Gasteiger partial charge on any atom is -0.385 e. The molecule has 1 aromatic rings. The van der Waals surface area contributed by atoms with Gasteiger partial charge in [0.05, 0.1) is 0 Å². The number of hydrogen-bond acceptors (Lipinski definition) is 2. The molecule has 0 saturated carbocycles. The van der Waals surface area contributed by atoms with Crippen LogP contribution in [0.1, 0.15) is 31.4 Å². The first kappa shape index (κ1) is 14.2. The van der Waals surface area contributed by atoms with Gasteiger partial charge in [-0.3, -0.25) is 0 Å². The highest BCUT2D eigenvalue weighted by Crippen LogP contribution is 2.10. The van der Waals surface area contributed by atoms with Gasteiger partial charge in [0.1, 0.15) is 0 Å². The zero-order valence-electron chi connectivity index (χ0n) is 11.5. The predicted octanol–water partition coefficient (Wildman–Crippen LogP) is 2.94. The third-order valence-electron chi connectivity index (χ3n) is 3.11. The molecule has 0 amide bonds. The topological polar surface area (TPSA) is 21.3 Å². The van der Waals surface area contributed by atoms with E-state index in [1.54, 1.807) is 7.11 Å². The number of nitrogens with one attached hydrogen (secondary N) is 1. The zero-order chi connectivity index (χ0) is 12.7. The van der Waals surface area contributed by atoms with Crippen molar-refractivity contribution in [3.05, 3.63) is 35.4 Å². The molecular formula is C15H25NO. The number of ether oxygens (including phenoxy) is 1. The Labute approximate surface area is 105 Å². The molecule has 0 aliphatic carbocycles. The maximum absolute atomic E-state index is 5.09. The Morgan fingerprint density at radius 3 is 2.53 bits per heavy atom. The van der Waals surface area contributed by atoms with Crippen molar-refractivity contribution in [3.63, 3.8) is 0 Å². The van der Waals surface area contributed by atoms with Crippen molar-refractivity contribution >= 4 is 0 Å². The van der Waals surface area contributed by atoms with E-state index in [4.69, 9.17) is 4.74 Å². The monoisotopic (exact) mass is 235 g/mol. The molecule has 17 heavy (non-hydrogen) atoms. The molecule has 2 atom stereocenters. The lowest BCUT2D eigenvalue weighted by molar-refractivity contribution is 0.183. The number of rotatable bonds is 7. The molecule has 0 fully saturated rings. The zero-order valence-corrected chi connectivity index (χ0v) is 11.5. The van der Waals surface area contributed by atoms with Crippen LogP contribution in [0.4, 0.5) is 0 Å². The van der Waals surface area contributed by atoms with E-state index in [2.05, 4.69) is 50.4 Å². The van der Waals surface area contributed by atoms with E-state index < -0.39 is 0 Å². The molecule has 1 rings (SSSR count). The van der Waals surface area contributed by atoms with E-state index in [1.807, 2.05) is 0 Å². The molecule has 0 spiro atoms. The van der Waals surface area contributed by atoms with E-state index in [1.165, 1.54) is 11.1 Å². The van der Waals surface area contributed by atoms with E-state index in [0.29, 0.717) is 12.1 Å². The molecule has 2 heteroatoms. The van der Waals surface area contributed by atoms with Gasteiger partial charge >= 0.3 is 0 Å². The summed E-state index contributed by atoms with van der Waals surface area (Å²) in [4.78, 5) is 0. The van der Waals surface area contributed by atoms with Crippen LogP contribution in [0.25, 0.3) is 0 Å². The molecule has 0 aliphatic heterocycles. The minimum atomic E-state index is 0.503. The molecule has 0 heterocycles. The average Bonchev–Trinajstić information content (AvgIpc) is 2.29. The van der Waals surface area contributed by atoms with Gasteiger partial charge in [-0.1, -0.05) is 24.3 Å². The highest BCUT2D eigenvalue weighted by Gasteiger charge is 2.08. The Bertz CT molecular complexity index is 324. The van der Waals surface area contributed by atoms with E-state index in [9.17, 15) is 0 Å². The highest BCUT2D eigenvalue weighted by molar-refractivity contribution is 5.26. The van der Waals surface area contributed by atoms with Gasteiger partial charge in [-0.25, -0.2) is 0 Å². The fourth-order valence-corrected chi connectivity index (χ4v) is 2.09. The third-order valence-corrected chi connectivity index (χ3v) is 3.11. The minimum absolute atomic E-state index is 0.503. The van der Waals surface area contributed by atoms with Gasteiger partial charge in [0.2, 0.25) is 0 Å². The molecule has 0 saturated heterocycles. The summed E-state index contributed by atoms with van der Waals surface area (Å²) in [6.45, 7) is 7.46. The van der Waals surface area contributed by atoms with Crippen LogP contribution >= 0.6 is 0 Å². The predicted molar refractivity (Wildman–Crippen MR) is 73.4 cm³/mol. The Morgan fingerprint density at radius 1 is 1.18 bits per heavy atom. The summed E-state index contributed by atoms with van der Waals surface area (Å²) in [7, 11) is 1.75. The first-order valence-electron chi connectivity index (χ1n) is 6.43. The summed E-state index contributed by atoms with van der Waals surface area (Å²) in [6, 6.07) is 9.61. The molecule has 2 unspecified atom stereocenters. The standard InChI is InChI=1S/C15H25NO/c1-12-7-5-6-8-15(12)11-14(3)16-13(2)9-10-17-4/h5-8,13-14,16H,9-11H2,1-4H3. The summed E-state index contributed by atoms with van der Waals surface area (Å²) in [5, 5.41) is 3.61. The molecule has 1 N–H and O–H groups in total. The summed E-state index contributed by atoms with van der Waals surface area (Å²) in [5.74, 6) is 0.